The molecule has 4 rings (SSSR count). The Balaban J connectivity index is 1.51. The molecule has 3 heteroatoms. The zero-order chi connectivity index (χ0) is 17.8. The molecule has 0 unspecified atom stereocenters. The molecule has 3 aromatic rings. The third kappa shape index (κ3) is 3.36. The number of fused-ring (bicyclic) bond motifs is 3. The van der Waals surface area contributed by atoms with Crippen LogP contribution in [0.5, 0.6) is 5.75 Å². The molecule has 0 aromatic heterocycles. The lowest BCUT2D eigenvalue weighted by Gasteiger charge is -2.11. The summed E-state index contributed by atoms with van der Waals surface area (Å²) < 4.78 is 15.9. The maximum Gasteiger partial charge on any atom is 0.189 e. The molecule has 0 saturated heterocycles. The van der Waals surface area contributed by atoms with Crippen molar-refractivity contribution in [2.24, 2.45) is 0 Å². The van der Waals surface area contributed by atoms with Crippen LogP contribution in [-0.2, 0) is 15.9 Å². The lowest BCUT2D eigenvalue weighted by atomic mass is 9.96. The van der Waals surface area contributed by atoms with Crippen molar-refractivity contribution in [3.05, 3.63) is 77.9 Å². The standard InChI is InChI=1S/C23H22O3/c1-24-13-14-25-16-26-19-11-9-17(10-12-19)20-7-4-8-22-21-6-3-2-5-18(21)15-23(20)22/h2-12H,13-16H2,1H3. The van der Waals surface area contributed by atoms with Crippen LogP contribution in [0.4, 0.5) is 0 Å². The SMILES string of the molecule is COCCOCOc1ccc(-c2cccc3c2Cc2ccccc2-3)cc1. The van der Waals surface area contributed by atoms with Crippen molar-refractivity contribution in [1.82, 2.24) is 0 Å². The third-order valence-electron chi connectivity index (χ3n) is 4.76. The summed E-state index contributed by atoms with van der Waals surface area (Å²) in [4.78, 5) is 0. The van der Waals surface area contributed by atoms with Crippen LogP contribution in [0.3, 0.4) is 0 Å². The molecule has 1 aliphatic rings. The van der Waals surface area contributed by atoms with Crippen molar-refractivity contribution in [2.75, 3.05) is 27.1 Å². The Kier molecular flexibility index (Phi) is 5.00. The molecule has 132 valence electrons. The van der Waals surface area contributed by atoms with Crippen molar-refractivity contribution in [1.29, 1.82) is 0 Å². The van der Waals surface area contributed by atoms with Gasteiger partial charge in [-0.25, -0.2) is 0 Å². The van der Waals surface area contributed by atoms with Crippen molar-refractivity contribution < 1.29 is 14.2 Å². The fourth-order valence-electron chi connectivity index (χ4n) is 3.47. The van der Waals surface area contributed by atoms with E-state index >= 15 is 0 Å². The van der Waals surface area contributed by atoms with Gasteiger partial charge in [0.05, 0.1) is 13.2 Å². The second-order valence-corrected chi connectivity index (χ2v) is 6.35. The van der Waals surface area contributed by atoms with E-state index in [0.717, 1.165) is 12.2 Å². The molecule has 0 N–H and O–H groups in total. The van der Waals surface area contributed by atoms with Crippen LogP contribution in [0, 0.1) is 0 Å². The highest BCUT2D eigenvalue weighted by molar-refractivity contribution is 5.84. The zero-order valence-electron chi connectivity index (χ0n) is 14.9. The summed E-state index contributed by atoms with van der Waals surface area (Å²) in [5.41, 5.74) is 8.03. The molecule has 26 heavy (non-hydrogen) atoms. The van der Waals surface area contributed by atoms with Gasteiger partial charge < -0.3 is 14.2 Å². The molecular formula is C23H22O3. The van der Waals surface area contributed by atoms with E-state index in [1.165, 1.54) is 33.4 Å². The number of rotatable bonds is 7. The maximum absolute atomic E-state index is 5.61. The van der Waals surface area contributed by atoms with Gasteiger partial charge in [0.25, 0.3) is 0 Å². The van der Waals surface area contributed by atoms with E-state index in [9.17, 15) is 0 Å². The first-order valence-electron chi connectivity index (χ1n) is 8.87. The molecule has 0 fully saturated rings. The Hall–Kier alpha value is -2.62. The second kappa shape index (κ2) is 7.73. The predicted octanol–water partition coefficient (Wildman–Crippen LogP) is 4.92. The summed E-state index contributed by atoms with van der Waals surface area (Å²) in [6, 6.07) is 23.5. The van der Waals surface area contributed by atoms with Crippen molar-refractivity contribution in [3.63, 3.8) is 0 Å². The van der Waals surface area contributed by atoms with Gasteiger partial charge in [-0.05, 0) is 51.9 Å². The van der Waals surface area contributed by atoms with Gasteiger partial charge in [-0.3, -0.25) is 0 Å². The van der Waals surface area contributed by atoms with E-state index in [0.29, 0.717) is 13.2 Å². The average molecular weight is 346 g/mol. The third-order valence-corrected chi connectivity index (χ3v) is 4.76. The fraction of sp³-hybridized carbons (Fsp3) is 0.217. The molecule has 3 aromatic carbocycles. The maximum atomic E-state index is 5.61. The molecule has 0 aliphatic heterocycles. The first-order chi connectivity index (χ1) is 12.9. The highest BCUT2D eigenvalue weighted by Crippen LogP contribution is 2.41. The van der Waals surface area contributed by atoms with Gasteiger partial charge in [0, 0.05) is 7.11 Å². The number of methoxy groups -OCH3 is 1. The highest BCUT2D eigenvalue weighted by atomic mass is 16.7. The van der Waals surface area contributed by atoms with Crippen LogP contribution in [0.2, 0.25) is 0 Å². The van der Waals surface area contributed by atoms with E-state index in [-0.39, 0.29) is 6.79 Å². The van der Waals surface area contributed by atoms with E-state index in [2.05, 4.69) is 54.6 Å². The second-order valence-electron chi connectivity index (χ2n) is 6.35. The van der Waals surface area contributed by atoms with Gasteiger partial charge in [-0.1, -0.05) is 54.6 Å². The monoisotopic (exact) mass is 346 g/mol. The lowest BCUT2D eigenvalue weighted by Crippen LogP contribution is -2.07. The normalized spacial score (nSPS) is 11.9. The van der Waals surface area contributed by atoms with Gasteiger partial charge in [0.2, 0.25) is 0 Å². The minimum Gasteiger partial charge on any atom is -0.468 e. The highest BCUT2D eigenvalue weighted by Gasteiger charge is 2.20. The summed E-state index contributed by atoms with van der Waals surface area (Å²) in [6.45, 7) is 1.34. The van der Waals surface area contributed by atoms with Gasteiger partial charge in [-0.15, -0.1) is 0 Å². The van der Waals surface area contributed by atoms with Gasteiger partial charge in [0.15, 0.2) is 6.79 Å². The molecule has 0 heterocycles. The Morgan fingerprint density at radius 1 is 0.769 bits per heavy atom. The van der Waals surface area contributed by atoms with E-state index < -0.39 is 0 Å². The lowest BCUT2D eigenvalue weighted by molar-refractivity contribution is -0.00846. The van der Waals surface area contributed by atoms with Crippen LogP contribution in [0.15, 0.2) is 66.7 Å². The van der Waals surface area contributed by atoms with Gasteiger partial charge in [0.1, 0.15) is 5.75 Å². The summed E-state index contributed by atoms with van der Waals surface area (Å²) in [5, 5.41) is 0. The number of ether oxygens (including phenoxy) is 3. The Morgan fingerprint density at radius 2 is 1.54 bits per heavy atom. The summed E-state index contributed by atoms with van der Waals surface area (Å²) in [7, 11) is 1.65. The summed E-state index contributed by atoms with van der Waals surface area (Å²) in [5.74, 6) is 0.807. The Bertz CT molecular complexity index is 884. The molecule has 0 bridgehead atoms. The smallest absolute Gasteiger partial charge is 0.189 e. The minimum absolute atomic E-state index is 0.235. The van der Waals surface area contributed by atoms with Crippen molar-refractivity contribution in [2.45, 2.75) is 6.42 Å². The van der Waals surface area contributed by atoms with Crippen LogP contribution in [-0.4, -0.2) is 27.1 Å². The molecular weight excluding hydrogens is 324 g/mol. The first kappa shape index (κ1) is 16.8. The molecule has 0 spiro atoms. The van der Waals surface area contributed by atoms with Crippen molar-refractivity contribution in [3.8, 4) is 28.0 Å². The van der Waals surface area contributed by atoms with Crippen LogP contribution in [0.25, 0.3) is 22.3 Å². The first-order valence-corrected chi connectivity index (χ1v) is 8.87. The predicted molar refractivity (Wildman–Crippen MR) is 103 cm³/mol. The zero-order valence-corrected chi connectivity index (χ0v) is 14.9. The Labute approximate surface area is 154 Å². The minimum atomic E-state index is 0.235. The topological polar surface area (TPSA) is 27.7 Å². The number of hydrogen-bond acceptors (Lipinski definition) is 3. The molecule has 0 radical (unpaired) electrons. The molecule has 1 aliphatic carbocycles. The van der Waals surface area contributed by atoms with Crippen LogP contribution in [0.1, 0.15) is 11.1 Å². The Morgan fingerprint density at radius 3 is 2.38 bits per heavy atom. The molecule has 0 saturated carbocycles. The summed E-state index contributed by atoms with van der Waals surface area (Å²) in [6.07, 6.45) is 0.993. The van der Waals surface area contributed by atoms with E-state index in [4.69, 9.17) is 14.2 Å². The average Bonchev–Trinajstić information content (AvgIpc) is 3.07. The molecule has 0 amide bonds. The van der Waals surface area contributed by atoms with Gasteiger partial charge >= 0.3 is 0 Å². The molecule has 3 nitrogen and oxygen atoms in total. The number of hydrogen-bond donors (Lipinski definition) is 0. The summed E-state index contributed by atoms with van der Waals surface area (Å²) >= 11 is 0. The largest absolute Gasteiger partial charge is 0.468 e. The number of benzene rings is 3. The van der Waals surface area contributed by atoms with Crippen molar-refractivity contribution >= 4 is 0 Å². The quantitative estimate of drug-likeness (QED) is 0.351. The van der Waals surface area contributed by atoms with Crippen LogP contribution < -0.4 is 4.74 Å². The van der Waals surface area contributed by atoms with Gasteiger partial charge in [-0.2, -0.15) is 0 Å². The molecule has 0 atom stereocenters. The fourth-order valence-corrected chi connectivity index (χ4v) is 3.47. The van der Waals surface area contributed by atoms with E-state index in [1.807, 2.05) is 12.1 Å². The van der Waals surface area contributed by atoms with Crippen LogP contribution >= 0.6 is 0 Å². The van der Waals surface area contributed by atoms with E-state index in [1.54, 1.807) is 7.11 Å².